The zero-order valence-corrected chi connectivity index (χ0v) is 12.8. The first-order chi connectivity index (χ1) is 9.69. The maximum Gasteiger partial charge on any atom is 0.119 e. The van der Waals surface area contributed by atoms with Crippen molar-refractivity contribution in [2.24, 2.45) is 11.7 Å². The van der Waals surface area contributed by atoms with Crippen molar-refractivity contribution in [3.8, 4) is 5.75 Å². The number of piperidine rings is 1. The van der Waals surface area contributed by atoms with Gasteiger partial charge in [0.25, 0.3) is 0 Å². The van der Waals surface area contributed by atoms with Crippen LogP contribution in [-0.4, -0.2) is 37.7 Å². The van der Waals surface area contributed by atoms with E-state index in [0.717, 1.165) is 25.1 Å². The number of nitrogens with two attached hydrogens (primary N) is 1. The monoisotopic (exact) mass is 276 g/mol. The van der Waals surface area contributed by atoms with Gasteiger partial charge in [-0.25, -0.2) is 0 Å². The van der Waals surface area contributed by atoms with E-state index in [1.54, 1.807) is 0 Å². The smallest absolute Gasteiger partial charge is 0.119 e. The van der Waals surface area contributed by atoms with Crippen molar-refractivity contribution < 1.29 is 4.74 Å². The molecule has 0 saturated carbocycles. The van der Waals surface area contributed by atoms with Gasteiger partial charge in [0, 0.05) is 0 Å². The van der Waals surface area contributed by atoms with Gasteiger partial charge in [0.2, 0.25) is 0 Å². The fourth-order valence-electron chi connectivity index (χ4n) is 2.85. The number of benzene rings is 1. The van der Waals surface area contributed by atoms with E-state index in [-0.39, 0.29) is 0 Å². The summed E-state index contributed by atoms with van der Waals surface area (Å²) in [4.78, 5) is 2.40. The van der Waals surface area contributed by atoms with Crippen molar-refractivity contribution >= 4 is 0 Å². The molecular formula is C17H28N2O. The number of hydrogen-bond donors (Lipinski definition) is 1. The molecule has 20 heavy (non-hydrogen) atoms. The number of aryl methyl sites for hydroxylation is 1. The summed E-state index contributed by atoms with van der Waals surface area (Å²) in [6, 6.07) is 8.51. The highest BCUT2D eigenvalue weighted by Gasteiger charge is 2.23. The third-order valence-electron chi connectivity index (χ3n) is 4.34. The molecule has 3 nitrogen and oxygen atoms in total. The molecule has 1 aromatic carbocycles. The van der Waals surface area contributed by atoms with Crippen LogP contribution in [0, 0.1) is 5.92 Å². The van der Waals surface area contributed by atoms with Crippen LogP contribution >= 0.6 is 0 Å². The Hall–Kier alpha value is -1.06. The lowest BCUT2D eigenvalue weighted by Gasteiger charge is -2.32. The van der Waals surface area contributed by atoms with E-state index in [1.807, 2.05) is 0 Å². The molecule has 1 fully saturated rings. The summed E-state index contributed by atoms with van der Waals surface area (Å²) in [5.41, 5.74) is 6.88. The largest absolute Gasteiger partial charge is 0.490 e. The predicted molar refractivity (Wildman–Crippen MR) is 84.1 cm³/mol. The van der Waals surface area contributed by atoms with Crippen molar-refractivity contribution in [1.29, 1.82) is 0 Å². The van der Waals surface area contributed by atoms with Gasteiger partial charge in [0.1, 0.15) is 5.75 Å². The van der Waals surface area contributed by atoms with Crippen LogP contribution in [-0.2, 0) is 6.42 Å². The molecule has 112 valence electrons. The molecule has 1 atom stereocenters. The maximum absolute atomic E-state index is 6.11. The molecule has 3 heteroatoms. The second kappa shape index (κ2) is 7.65. The van der Waals surface area contributed by atoms with E-state index in [9.17, 15) is 0 Å². The first-order valence-electron chi connectivity index (χ1n) is 7.83. The molecule has 0 amide bonds. The second-order valence-electron chi connectivity index (χ2n) is 6.00. The van der Waals surface area contributed by atoms with Crippen molar-refractivity contribution in [2.75, 3.05) is 26.7 Å². The molecule has 1 aliphatic rings. The van der Waals surface area contributed by atoms with Gasteiger partial charge in [-0.1, -0.05) is 12.1 Å². The zero-order valence-electron chi connectivity index (χ0n) is 12.8. The van der Waals surface area contributed by atoms with Gasteiger partial charge in [-0.05, 0) is 82.9 Å². The average Bonchev–Trinajstić information content (AvgIpc) is 2.47. The number of nitrogens with zero attached hydrogens (tertiary/aromatic N) is 1. The molecule has 1 aliphatic heterocycles. The number of ether oxygens (including phenoxy) is 1. The Bertz CT molecular complexity index is 382. The second-order valence-corrected chi connectivity index (χ2v) is 6.00. The summed E-state index contributed by atoms with van der Waals surface area (Å²) >= 11 is 0. The molecule has 1 unspecified atom stereocenters. The van der Waals surface area contributed by atoms with E-state index in [2.05, 4.69) is 43.1 Å². The number of rotatable bonds is 6. The third-order valence-corrected chi connectivity index (χ3v) is 4.34. The normalized spacial score (nSPS) is 18.9. The minimum atomic E-state index is 0.304. The Morgan fingerprint density at radius 3 is 2.50 bits per heavy atom. The Labute approximate surface area is 123 Å². The van der Waals surface area contributed by atoms with Crippen LogP contribution in [0.15, 0.2) is 24.3 Å². The van der Waals surface area contributed by atoms with Gasteiger partial charge in [-0.15, -0.1) is 0 Å². The first kappa shape index (κ1) is 15.3. The highest BCUT2D eigenvalue weighted by Crippen LogP contribution is 2.24. The van der Waals surface area contributed by atoms with Crippen LogP contribution in [0.1, 0.15) is 31.7 Å². The van der Waals surface area contributed by atoms with Gasteiger partial charge >= 0.3 is 0 Å². The topological polar surface area (TPSA) is 38.5 Å². The Morgan fingerprint density at radius 2 is 1.90 bits per heavy atom. The Morgan fingerprint density at radius 1 is 1.25 bits per heavy atom. The number of likely N-dealkylation sites (tertiary alicyclic amines) is 1. The summed E-state index contributed by atoms with van der Waals surface area (Å²) in [6.45, 7) is 5.34. The molecule has 1 heterocycles. The van der Waals surface area contributed by atoms with Gasteiger partial charge < -0.3 is 15.4 Å². The van der Waals surface area contributed by atoms with Crippen molar-refractivity contribution in [1.82, 2.24) is 4.90 Å². The van der Waals surface area contributed by atoms with Crippen LogP contribution < -0.4 is 10.5 Å². The van der Waals surface area contributed by atoms with Crippen LogP contribution in [0.3, 0.4) is 0 Å². The summed E-state index contributed by atoms with van der Waals surface area (Å²) in [6.07, 6.45) is 4.89. The van der Waals surface area contributed by atoms with E-state index in [4.69, 9.17) is 10.5 Å². The molecule has 0 aliphatic carbocycles. The summed E-state index contributed by atoms with van der Waals surface area (Å²) < 4.78 is 6.11. The summed E-state index contributed by atoms with van der Waals surface area (Å²) in [7, 11) is 2.20. The quantitative estimate of drug-likeness (QED) is 0.868. The SMILES string of the molecule is CC(Oc1ccc(CCCN)cc1)C1CCN(C)CC1. The van der Waals surface area contributed by atoms with Crippen molar-refractivity contribution in [3.63, 3.8) is 0 Å². The molecule has 2 N–H and O–H groups in total. The van der Waals surface area contributed by atoms with E-state index in [0.29, 0.717) is 12.0 Å². The number of hydrogen-bond acceptors (Lipinski definition) is 3. The van der Waals surface area contributed by atoms with Crippen LogP contribution in [0.5, 0.6) is 5.75 Å². The third kappa shape index (κ3) is 4.50. The lowest BCUT2D eigenvalue weighted by atomic mass is 9.92. The van der Waals surface area contributed by atoms with Gasteiger partial charge in [0.05, 0.1) is 6.10 Å². The van der Waals surface area contributed by atoms with Gasteiger partial charge in [-0.3, -0.25) is 0 Å². The molecule has 1 saturated heterocycles. The molecule has 0 bridgehead atoms. The first-order valence-corrected chi connectivity index (χ1v) is 7.83. The standard InChI is InChI=1S/C17H28N2O/c1-14(16-9-12-19(2)13-10-16)20-17-7-5-15(6-8-17)4-3-11-18/h5-8,14,16H,3-4,9-13,18H2,1-2H3. The van der Waals surface area contributed by atoms with Gasteiger partial charge in [-0.2, -0.15) is 0 Å². The zero-order chi connectivity index (χ0) is 14.4. The lowest BCUT2D eigenvalue weighted by Crippen LogP contribution is -2.36. The van der Waals surface area contributed by atoms with Crippen LogP contribution in [0.25, 0.3) is 0 Å². The van der Waals surface area contributed by atoms with Crippen molar-refractivity contribution in [2.45, 2.75) is 38.7 Å². The van der Waals surface area contributed by atoms with Gasteiger partial charge in [0.15, 0.2) is 0 Å². The van der Waals surface area contributed by atoms with Crippen LogP contribution in [0.2, 0.25) is 0 Å². The fourth-order valence-corrected chi connectivity index (χ4v) is 2.85. The molecule has 1 aromatic rings. The summed E-state index contributed by atoms with van der Waals surface area (Å²) in [5.74, 6) is 1.68. The molecular weight excluding hydrogens is 248 g/mol. The van der Waals surface area contributed by atoms with E-state index < -0.39 is 0 Å². The van der Waals surface area contributed by atoms with Crippen molar-refractivity contribution in [3.05, 3.63) is 29.8 Å². The fraction of sp³-hybridized carbons (Fsp3) is 0.647. The lowest BCUT2D eigenvalue weighted by molar-refractivity contribution is 0.0977. The van der Waals surface area contributed by atoms with Crippen LogP contribution in [0.4, 0.5) is 0 Å². The van der Waals surface area contributed by atoms with E-state index >= 15 is 0 Å². The molecule has 2 rings (SSSR count). The molecule has 0 aromatic heterocycles. The molecule has 0 radical (unpaired) electrons. The minimum Gasteiger partial charge on any atom is -0.490 e. The average molecular weight is 276 g/mol. The highest BCUT2D eigenvalue weighted by molar-refractivity contribution is 5.27. The predicted octanol–water partition coefficient (Wildman–Crippen LogP) is 2.69. The minimum absolute atomic E-state index is 0.304. The summed E-state index contributed by atoms with van der Waals surface area (Å²) in [5, 5.41) is 0. The van der Waals surface area contributed by atoms with E-state index in [1.165, 1.54) is 31.5 Å². The Balaban J connectivity index is 1.83. The Kier molecular flexibility index (Phi) is 5.86. The maximum atomic E-state index is 6.11. The highest BCUT2D eigenvalue weighted by atomic mass is 16.5. The molecule has 0 spiro atoms.